The Balaban J connectivity index is 0.000000186. The highest BCUT2D eigenvalue weighted by Crippen LogP contribution is 2.60. The molecule has 74 heavy (non-hydrogen) atoms. The van der Waals surface area contributed by atoms with E-state index < -0.39 is 140 Å². The predicted octanol–water partition coefficient (Wildman–Crippen LogP) is -1.35. The standard InChI is InChI=1S/C23H26F2O12S.C18H15S.B17/c24-23(25,38-37-36-31)20(29)34-17-11-2-12-15(19(28)33-16(12)17)14(11)18(27)32-7-13(26)35-22-5-9-1-10(6-22)4-21(30,3-9)8-22;1-4-10-16(11-5-1)19(17-12-6-2-7-13-17)18-14-8-3-9-15-18;1-10-15(11(2)3)17(14(8)9)16(12(4)5)13(6)7/h9-12,14-17,30-31H,1-8H2;1-15H;/q;+1;/p-1. The van der Waals surface area contributed by atoms with Crippen LogP contribution in [0.5, 0.6) is 0 Å². The minimum Gasteiger partial charge on any atom is -0.691 e. The lowest BCUT2D eigenvalue weighted by atomic mass is 8.43. The summed E-state index contributed by atoms with van der Waals surface area (Å²) in [5.74, 6) is -7.44. The van der Waals surface area contributed by atoms with Crippen molar-refractivity contribution in [2.75, 3.05) is 6.61 Å². The number of hydrogen-bond acceptors (Lipinski definition) is 13. The van der Waals surface area contributed by atoms with Gasteiger partial charge in [0.15, 0.2) is 21.3 Å². The molecule has 353 valence electrons. The molecular weight excluding hydrogens is 970 g/mol. The Morgan fingerprint density at radius 2 is 1.30 bits per heavy atom. The first-order chi connectivity index (χ1) is 35.1. The fourth-order valence-corrected chi connectivity index (χ4v) is 15.0. The molecule has 0 aromatic heterocycles. The molecule has 12 nitrogen and oxygen atoms in total. The van der Waals surface area contributed by atoms with Crippen LogP contribution in [0.4, 0.5) is 8.78 Å². The third kappa shape index (κ3) is 13.5. The number of aliphatic hydroxyl groups is 1. The Morgan fingerprint density at radius 1 is 0.784 bits per heavy atom. The fourth-order valence-electron chi connectivity index (χ4n) is 12.6. The number of benzene rings is 3. The molecule has 1 saturated heterocycles. The van der Waals surface area contributed by atoms with Gasteiger partial charge in [-0.05, 0) is 86.8 Å². The Labute approximate surface area is 453 Å². The van der Waals surface area contributed by atoms with Crippen molar-refractivity contribution in [3.05, 3.63) is 91.0 Å². The van der Waals surface area contributed by atoms with Gasteiger partial charge in [0, 0.05) is 140 Å². The van der Waals surface area contributed by atoms with Crippen LogP contribution >= 0.6 is 12.0 Å². The number of carbonyl (C=O) groups is 4. The van der Waals surface area contributed by atoms with Crippen LogP contribution in [0.3, 0.4) is 0 Å². The van der Waals surface area contributed by atoms with Crippen molar-refractivity contribution in [2.45, 2.75) is 88.3 Å². The predicted molar refractivity (Wildman–Crippen MR) is 292 cm³/mol. The number of halogens is 2. The molecule has 7 aliphatic rings. The summed E-state index contributed by atoms with van der Waals surface area (Å²) in [4.78, 5) is 54.2. The van der Waals surface area contributed by atoms with Gasteiger partial charge in [-0.3, -0.25) is 14.6 Å². The summed E-state index contributed by atoms with van der Waals surface area (Å²) in [5, 5.41) is 19.2. The van der Waals surface area contributed by atoms with Gasteiger partial charge in [0.25, 0.3) is 0 Å². The zero-order valence-electron chi connectivity index (χ0n) is 40.3. The number of carbonyl (C=O) groups excluding carboxylic acids is 4. The summed E-state index contributed by atoms with van der Waals surface area (Å²) >= 11 is -0.858. The van der Waals surface area contributed by atoms with Gasteiger partial charge in [0.1, 0.15) is 29.9 Å². The van der Waals surface area contributed by atoms with E-state index in [-0.39, 0.29) is 29.2 Å². The summed E-state index contributed by atoms with van der Waals surface area (Å²) < 4.78 is 52.4. The molecule has 1 heterocycles. The van der Waals surface area contributed by atoms with Crippen molar-refractivity contribution in [1.82, 2.24) is 0 Å². The Bertz CT molecular complexity index is 2270. The second-order valence-electron chi connectivity index (χ2n) is 20.1. The average molecular weight is 1010 g/mol. The minimum absolute atomic E-state index is 0.0146. The van der Waals surface area contributed by atoms with E-state index in [1.54, 1.807) is 0 Å². The highest BCUT2D eigenvalue weighted by atomic mass is 32.2. The van der Waals surface area contributed by atoms with Crippen molar-refractivity contribution >= 4 is 168 Å². The van der Waals surface area contributed by atoms with Gasteiger partial charge in [-0.1, -0.05) is 54.6 Å². The molecule has 0 amide bonds. The van der Waals surface area contributed by atoms with Crippen molar-refractivity contribution in [3.63, 3.8) is 0 Å². The van der Waals surface area contributed by atoms with Crippen molar-refractivity contribution in [3.8, 4) is 0 Å². The molecule has 19 radical (unpaired) electrons. The van der Waals surface area contributed by atoms with Crippen LogP contribution in [-0.4, -0.2) is 186 Å². The first-order valence-corrected chi connectivity index (χ1v) is 26.1. The molecule has 3 aromatic carbocycles. The van der Waals surface area contributed by atoms with Crippen molar-refractivity contribution < 1.29 is 66.6 Å². The second kappa shape index (κ2) is 25.2. The molecule has 8 unspecified atom stereocenters. The number of ether oxygens (including phenoxy) is 4. The zero-order valence-corrected chi connectivity index (χ0v) is 41.9. The Hall–Kier alpha value is -2.96. The average Bonchev–Trinajstić information content (AvgIpc) is 3.97. The van der Waals surface area contributed by atoms with E-state index in [0.29, 0.717) is 32.1 Å². The van der Waals surface area contributed by atoms with E-state index in [2.05, 4.69) is 100 Å². The molecule has 6 aliphatic carbocycles. The van der Waals surface area contributed by atoms with Crippen LogP contribution in [-0.2, 0) is 58.4 Å². The van der Waals surface area contributed by atoms with E-state index in [1.807, 2.05) is 0 Å². The van der Waals surface area contributed by atoms with Gasteiger partial charge in [-0.2, -0.15) is 13.1 Å². The van der Waals surface area contributed by atoms with Gasteiger partial charge in [-0.15, -0.1) is 0 Å². The molecule has 33 heteroatoms. The van der Waals surface area contributed by atoms with Crippen LogP contribution in [0, 0.1) is 35.5 Å². The van der Waals surface area contributed by atoms with Crippen molar-refractivity contribution in [2.24, 2.45) is 35.5 Å². The van der Waals surface area contributed by atoms with E-state index in [0.717, 1.165) is 6.42 Å². The molecule has 8 atom stereocenters. The molecule has 6 bridgehead atoms. The van der Waals surface area contributed by atoms with Crippen LogP contribution in [0.2, 0.25) is 0 Å². The maximum Gasteiger partial charge on any atom is 0.415 e. The number of alkyl halides is 2. The van der Waals surface area contributed by atoms with Gasteiger partial charge in [0.2, 0.25) is 0 Å². The topological polar surface area (TPSA) is 167 Å². The molecule has 0 spiro atoms. The molecule has 1 N–H and O–H groups in total. The van der Waals surface area contributed by atoms with Gasteiger partial charge < -0.3 is 29.3 Å². The summed E-state index contributed by atoms with van der Waals surface area (Å²) in [7, 11) is 52.0. The van der Waals surface area contributed by atoms with Crippen LogP contribution in [0.25, 0.3) is 0 Å². The number of fused-ring (bicyclic) bond motifs is 1. The lowest BCUT2D eigenvalue weighted by Crippen LogP contribution is -2.76. The fraction of sp³-hybridized carbons (Fsp3) is 0.463. The Kier molecular flexibility index (Phi) is 20.0. The quantitative estimate of drug-likeness (QED) is 0.0286. The van der Waals surface area contributed by atoms with E-state index in [4.69, 9.17) is 88.6 Å². The maximum absolute atomic E-state index is 13.9. The first kappa shape index (κ1) is 58.7. The summed E-state index contributed by atoms with van der Waals surface area (Å²) in [6, 6.07) is 32.2. The third-order valence-corrected chi connectivity index (χ3v) is 17.7. The van der Waals surface area contributed by atoms with Crippen LogP contribution < -0.4 is 5.26 Å². The normalized spacial score (nSPS) is 27.2. The highest BCUT2D eigenvalue weighted by Gasteiger charge is 2.71. The van der Waals surface area contributed by atoms with Crippen LogP contribution in [0.1, 0.15) is 44.9 Å². The molecule has 7 fully saturated rings. The zero-order chi connectivity index (χ0) is 53.7. The number of rotatable bonds is 19. The lowest BCUT2D eigenvalue weighted by molar-refractivity contribution is -0.777. The largest absolute Gasteiger partial charge is 0.691 e. The molecule has 10 rings (SSSR count). The van der Waals surface area contributed by atoms with Crippen LogP contribution in [0.15, 0.2) is 106 Å². The maximum atomic E-state index is 13.9. The SMILES string of the molecule is O=C(COC(=O)C1C2CC3C(OC(=O)C31)C2OC(=O)C(F)(F)SOO[O-])OC12CC3CC(CC(O)(C3)C1)C2.[B][B]B(B([B])[B])B(B([B])[B])B(B([B])[B])B([B])[B].c1ccc([S+](c2ccccc2)c2ccccc2)cc1. The van der Waals surface area contributed by atoms with E-state index >= 15 is 0 Å². The molecule has 6 saturated carbocycles. The van der Waals surface area contributed by atoms with Gasteiger partial charge >= 0.3 is 29.1 Å². The minimum atomic E-state index is -4.31. The monoisotopic (exact) mass is 1010 g/mol. The Morgan fingerprint density at radius 3 is 1.74 bits per heavy atom. The first-order valence-electron chi connectivity index (χ1n) is 24.1. The molecule has 1 aliphatic heterocycles. The molecular formula is C41H40B17F2O12S2. The third-order valence-electron chi connectivity index (χ3n) is 14.9. The number of hydrogen-bond donors (Lipinski definition) is 1. The van der Waals surface area contributed by atoms with Gasteiger partial charge in [0.05, 0.1) is 28.3 Å². The second-order valence-corrected chi connectivity index (χ2v) is 22.9. The van der Waals surface area contributed by atoms with Crippen molar-refractivity contribution in [1.29, 1.82) is 0 Å². The lowest BCUT2D eigenvalue weighted by Gasteiger charge is -2.59. The summed E-state index contributed by atoms with van der Waals surface area (Å²) in [6.07, 6.45) is -2.81. The summed E-state index contributed by atoms with van der Waals surface area (Å²) in [6.45, 7) is -0.723. The van der Waals surface area contributed by atoms with E-state index in [1.165, 1.54) is 21.7 Å². The number of esters is 4. The highest BCUT2D eigenvalue weighted by molar-refractivity contribution is 8.15. The van der Waals surface area contributed by atoms with E-state index in [9.17, 15) is 38.3 Å². The molecule has 3 aromatic rings. The van der Waals surface area contributed by atoms with Gasteiger partial charge in [-0.25, -0.2) is 9.59 Å². The smallest absolute Gasteiger partial charge is 0.415 e. The summed E-state index contributed by atoms with van der Waals surface area (Å²) in [5.41, 5.74) is -1.64.